The molecule has 3 saturated heterocycles. The Morgan fingerprint density at radius 1 is 1.00 bits per heavy atom. The molecule has 3 heterocycles. The minimum Gasteiger partial charge on any atom is -0.300 e. The Bertz CT molecular complexity index is 317. The number of hydrogen-bond donors (Lipinski definition) is 0. The van der Waals surface area contributed by atoms with Crippen LogP contribution in [0.15, 0.2) is 0 Å². The highest BCUT2D eigenvalue weighted by Gasteiger charge is 2.36. The Kier molecular flexibility index (Phi) is 5.88. The van der Waals surface area contributed by atoms with Gasteiger partial charge in [-0.05, 0) is 25.3 Å². The number of piperazine rings is 1. The second-order valence-corrected chi connectivity index (χ2v) is 8.63. The fourth-order valence-electron chi connectivity index (χ4n) is 4.25. The number of nitrogens with zero attached hydrogens (tertiary/aromatic N) is 3. The zero-order valence-corrected chi connectivity index (χ0v) is 14.8. The number of piperidine rings is 1. The van der Waals surface area contributed by atoms with Gasteiger partial charge in [0.2, 0.25) is 0 Å². The Morgan fingerprint density at radius 2 is 1.81 bits per heavy atom. The van der Waals surface area contributed by atoms with E-state index in [2.05, 4.69) is 40.3 Å². The summed E-state index contributed by atoms with van der Waals surface area (Å²) >= 11 is 2.12. The Balaban J connectivity index is 1.55. The first kappa shape index (κ1) is 16.1. The smallest absolute Gasteiger partial charge is 0.0247 e. The maximum atomic E-state index is 2.83. The summed E-state index contributed by atoms with van der Waals surface area (Å²) in [6.07, 6.45) is 4.30. The van der Waals surface area contributed by atoms with Gasteiger partial charge in [-0.1, -0.05) is 20.3 Å². The van der Waals surface area contributed by atoms with Gasteiger partial charge in [0.25, 0.3) is 0 Å². The second kappa shape index (κ2) is 7.67. The molecule has 0 amide bonds. The van der Waals surface area contributed by atoms with Gasteiger partial charge in [0, 0.05) is 62.9 Å². The van der Waals surface area contributed by atoms with Crippen LogP contribution in [0.3, 0.4) is 0 Å². The third kappa shape index (κ3) is 4.15. The summed E-state index contributed by atoms with van der Waals surface area (Å²) in [4.78, 5) is 8.31. The van der Waals surface area contributed by atoms with Crippen LogP contribution in [0, 0.1) is 5.92 Å². The van der Waals surface area contributed by atoms with E-state index in [1.807, 2.05) is 0 Å². The second-order valence-electron chi connectivity index (χ2n) is 7.40. The third-order valence-corrected chi connectivity index (χ3v) is 6.60. The molecule has 0 aromatic heterocycles. The van der Waals surface area contributed by atoms with Crippen molar-refractivity contribution in [2.45, 2.75) is 45.2 Å². The minimum atomic E-state index is 0.776. The zero-order chi connectivity index (χ0) is 14.7. The van der Waals surface area contributed by atoms with Crippen LogP contribution >= 0.6 is 11.8 Å². The molecule has 0 aromatic rings. The first-order valence-electron chi connectivity index (χ1n) is 9.02. The molecular weight excluding hydrogens is 278 g/mol. The van der Waals surface area contributed by atoms with Crippen molar-refractivity contribution in [3.63, 3.8) is 0 Å². The molecule has 3 nitrogen and oxygen atoms in total. The van der Waals surface area contributed by atoms with Crippen LogP contribution in [-0.2, 0) is 0 Å². The molecule has 0 spiro atoms. The van der Waals surface area contributed by atoms with Crippen molar-refractivity contribution in [2.75, 3.05) is 57.3 Å². The van der Waals surface area contributed by atoms with Crippen LogP contribution < -0.4 is 0 Å². The lowest BCUT2D eigenvalue weighted by atomic mass is 9.92. The van der Waals surface area contributed by atoms with Crippen molar-refractivity contribution in [2.24, 2.45) is 5.92 Å². The molecule has 0 N–H and O–H groups in total. The lowest BCUT2D eigenvalue weighted by molar-refractivity contribution is -0.0108. The zero-order valence-electron chi connectivity index (χ0n) is 14.0. The van der Waals surface area contributed by atoms with E-state index in [9.17, 15) is 0 Å². The van der Waals surface area contributed by atoms with Gasteiger partial charge in [0.1, 0.15) is 0 Å². The SMILES string of the molecule is CC(C)C1CN2CCCCC2CN1CCN1CCSCC1. The summed E-state index contributed by atoms with van der Waals surface area (Å²) < 4.78 is 0. The van der Waals surface area contributed by atoms with Crippen LogP contribution in [0.1, 0.15) is 33.1 Å². The minimum absolute atomic E-state index is 0.776. The van der Waals surface area contributed by atoms with Gasteiger partial charge in [0.05, 0.1) is 0 Å². The molecule has 2 unspecified atom stereocenters. The van der Waals surface area contributed by atoms with Gasteiger partial charge in [-0.3, -0.25) is 9.80 Å². The van der Waals surface area contributed by atoms with Crippen molar-refractivity contribution in [3.8, 4) is 0 Å². The van der Waals surface area contributed by atoms with Gasteiger partial charge < -0.3 is 4.90 Å². The lowest BCUT2D eigenvalue weighted by Crippen LogP contribution is -2.61. The van der Waals surface area contributed by atoms with Gasteiger partial charge in [-0.25, -0.2) is 0 Å². The summed E-state index contributed by atoms with van der Waals surface area (Å²) in [5.74, 6) is 3.46. The summed E-state index contributed by atoms with van der Waals surface area (Å²) in [7, 11) is 0. The monoisotopic (exact) mass is 311 g/mol. The maximum Gasteiger partial charge on any atom is 0.0247 e. The first-order chi connectivity index (χ1) is 10.2. The molecule has 0 bridgehead atoms. The average Bonchev–Trinajstić information content (AvgIpc) is 2.53. The molecule has 21 heavy (non-hydrogen) atoms. The standard InChI is InChI=1S/C17H33N3S/c1-15(2)17-14-19-6-4-3-5-16(19)13-20(17)8-7-18-9-11-21-12-10-18/h15-17H,3-14H2,1-2H3. The van der Waals surface area contributed by atoms with Crippen molar-refractivity contribution in [1.82, 2.24) is 14.7 Å². The highest BCUT2D eigenvalue weighted by molar-refractivity contribution is 7.99. The van der Waals surface area contributed by atoms with Crippen LogP contribution in [-0.4, -0.2) is 84.1 Å². The molecule has 3 rings (SSSR count). The van der Waals surface area contributed by atoms with Crippen molar-refractivity contribution < 1.29 is 0 Å². The number of hydrogen-bond acceptors (Lipinski definition) is 4. The van der Waals surface area contributed by atoms with E-state index >= 15 is 0 Å². The van der Waals surface area contributed by atoms with E-state index in [1.165, 1.54) is 76.6 Å². The Morgan fingerprint density at radius 3 is 2.57 bits per heavy atom. The molecule has 4 heteroatoms. The molecule has 0 aliphatic carbocycles. The quantitative estimate of drug-likeness (QED) is 0.787. The predicted molar refractivity (Wildman–Crippen MR) is 93.2 cm³/mol. The van der Waals surface area contributed by atoms with Crippen LogP contribution in [0.4, 0.5) is 0 Å². The van der Waals surface area contributed by atoms with Gasteiger partial charge >= 0.3 is 0 Å². The van der Waals surface area contributed by atoms with Crippen molar-refractivity contribution >= 4 is 11.8 Å². The van der Waals surface area contributed by atoms with Crippen LogP contribution in [0.25, 0.3) is 0 Å². The van der Waals surface area contributed by atoms with Gasteiger partial charge in [0.15, 0.2) is 0 Å². The van der Waals surface area contributed by atoms with Gasteiger partial charge in [-0.2, -0.15) is 11.8 Å². The molecule has 3 fully saturated rings. The largest absolute Gasteiger partial charge is 0.300 e. The molecule has 2 atom stereocenters. The summed E-state index contributed by atoms with van der Waals surface area (Å²) in [5, 5.41) is 0. The summed E-state index contributed by atoms with van der Waals surface area (Å²) in [5.41, 5.74) is 0. The van der Waals surface area contributed by atoms with E-state index < -0.39 is 0 Å². The summed E-state index contributed by atoms with van der Waals surface area (Å²) in [6.45, 7) is 14.0. The van der Waals surface area contributed by atoms with Crippen molar-refractivity contribution in [1.29, 1.82) is 0 Å². The molecule has 0 aromatic carbocycles. The van der Waals surface area contributed by atoms with E-state index in [0.717, 1.165) is 18.0 Å². The normalized spacial score (nSPS) is 33.3. The lowest BCUT2D eigenvalue weighted by Gasteiger charge is -2.50. The first-order valence-corrected chi connectivity index (χ1v) is 10.2. The number of rotatable bonds is 4. The predicted octanol–water partition coefficient (Wildman–Crippen LogP) is 2.23. The highest BCUT2D eigenvalue weighted by Crippen LogP contribution is 2.27. The van der Waals surface area contributed by atoms with E-state index in [-0.39, 0.29) is 0 Å². The molecule has 0 radical (unpaired) electrons. The Hall–Kier alpha value is 0.230. The topological polar surface area (TPSA) is 9.72 Å². The van der Waals surface area contributed by atoms with E-state index in [4.69, 9.17) is 0 Å². The van der Waals surface area contributed by atoms with Crippen LogP contribution in [0.5, 0.6) is 0 Å². The highest BCUT2D eigenvalue weighted by atomic mass is 32.2. The third-order valence-electron chi connectivity index (χ3n) is 5.66. The maximum absolute atomic E-state index is 2.83. The fourth-order valence-corrected chi connectivity index (χ4v) is 5.23. The van der Waals surface area contributed by atoms with E-state index in [1.54, 1.807) is 0 Å². The van der Waals surface area contributed by atoms with Crippen LogP contribution in [0.2, 0.25) is 0 Å². The fraction of sp³-hybridized carbons (Fsp3) is 1.00. The summed E-state index contributed by atoms with van der Waals surface area (Å²) in [6, 6.07) is 1.63. The average molecular weight is 312 g/mol. The number of thioether (sulfide) groups is 1. The molecule has 0 saturated carbocycles. The van der Waals surface area contributed by atoms with E-state index in [0.29, 0.717) is 0 Å². The molecule has 122 valence electrons. The Labute approximate surface area is 135 Å². The molecular formula is C17H33N3S. The molecule has 3 aliphatic rings. The molecule has 3 aliphatic heterocycles. The number of fused-ring (bicyclic) bond motifs is 1. The van der Waals surface area contributed by atoms with Gasteiger partial charge in [-0.15, -0.1) is 0 Å². The van der Waals surface area contributed by atoms with Crippen molar-refractivity contribution in [3.05, 3.63) is 0 Å².